The summed E-state index contributed by atoms with van der Waals surface area (Å²) in [7, 11) is 1.57. The molecule has 1 aromatic heterocycles. The highest BCUT2D eigenvalue weighted by Gasteiger charge is 2.31. The van der Waals surface area contributed by atoms with Gasteiger partial charge in [-0.2, -0.15) is 4.98 Å². The number of methoxy groups -OCH3 is 1. The molecule has 1 unspecified atom stereocenters. The Kier molecular flexibility index (Phi) is 3.67. The van der Waals surface area contributed by atoms with Crippen LogP contribution in [0.15, 0.2) is 22.7 Å². The van der Waals surface area contributed by atoms with Crippen LogP contribution in [0.1, 0.15) is 32.7 Å². The third kappa shape index (κ3) is 2.60. The molecule has 108 valence electrons. The molecule has 1 heterocycles. The molecule has 0 aliphatic heterocycles. The van der Waals surface area contributed by atoms with E-state index in [1.807, 2.05) is 20.8 Å². The summed E-state index contributed by atoms with van der Waals surface area (Å²) in [4.78, 5) is 4.22. The van der Waals surface area contributed by atoms with Gasteiger partial charge in [-0.3, -0.25) is 0 Å². The molecule has 0 aliphatic rings. The highest BCUT2D eigenvalue weighted by atomic mass is 16.5. The van der Waals surface area contributed by atoms with Crippen molar-refractivity contribution in [2.24, 2.45) is 5.41 Å². The van der Waals surface area contributed by atoms with Gasteiger partial charge in [0.15, 0.2) is 0 Å². The van der Waals surface area contributed by atoms with Crippen LogP contribution >= 0.6 is 0 Å². The van der Waals surface area contributed by atoms with Gasteiger partial charge >= 0.3 is 0 Å². The molecular weight excluding hydrogens is 260 g/mol. The van der Waals surface area contributed by atoms with Gasteiger partial charge in [-0.05, 0) is 17.5 Å². The van der Waals surface area contributed by atoms with E-state index in [0.29, 0.717) is 5.82 Å². The Balaban J connectivity index is 2.43. The minimum atomic E-state index is -0.354. The van der Waals surface area contributed by atoms with Crippen molar-refractivity contribution < 1.29 is 19.5 Å². The van der Waals surface area contributed by atoms with Crippen LogP contribution in [0.25, 0.3) is 11.5 Å². The SMILES string of the molecule is COC(c1noc(-c2c(O)cccc2O)n1)C(C)(C)C. The summed E-state index contributed by atoms with van der Waals surface area (Å²) >= 11 is 0. The van der Waals surface area contributed by atoms with Crippen molar-refractivity contribution >= 4 is 0 Å². The Morgan fingerprint density at radius 2 is 1.80 bits per heavy atom. The van der Waals surface area contributed by atoms with Crippen LogP contribution in [0.5, 0.6) is 11.5 Å². The summed E-state index contributed by atoms with van der Waals surface area (Å²) in [6.07, 6.45) is -0.354. The fraction of sp³-hybridized carbons (Fsp3) is 0.429. The molecule has 0 saturated heterocycles. The summed E-state index contributed by atoms with van der Waals surface area (Å²) in [6.45, 7) is 5.98. The van der Waals surface area contributed by atoms with E-state index in [9.17, 15) is 10.2 Å². The Labute approximate surface area is 117 Å². The summed E-state index contributed by atoms with van der Waals surface area (Å²) in [5, 5.41) is 23.5. The second kappa shape index (κ2) is 5.13. The third-order valence-corrected chi connectivity index (χ3v) is 2.93. The van der Waals surface area contributed by atoms with Gasteiger partial charge in [-0.1, -0.05) is 32.0 Å². The smallest absolute Gasteiger partial charge is 0.265 e. The number of nitrogens with zero attached hydrogens (tertiary/aromatic N) is 2. The normalized spacial score (nSPS) is 13.4. The van der Waals surface area contributed by atoms with E-state index in [1.165, 1.54) is 18.2 Å². The Morgan fingerprint density at radius 1 is 1.20 bits per heavy atom. The molecule has 2 rings (SSSR count). The van der Waals surface area contributed by atoms with Gasteiger partial charge in [0.2, 0.25) is 5.82 Å². The van der Waals surface area contributed by atoms with Crippen LogP contribution in [0.2, 0.25) is 0 Å². The van der Waals surface area contributed by atoms with Crippen molar-refractivity contribution in [2.75, 3.05) is 7.11 Å². The van der Waals surface area contributed by atoms with Gasteiger partial charge < -0.3 is 19.5 Å². The van der Waals surface area contributed by atoms with Gasteiger partial charge in [-0.15, -0.1) is 0 Å². The summed E-state index contributed by atoms with van der Waals surface area (Å²) in [5.41, 5.74) is -0.0913. The number of hydrogen-bond donors (Lipinski definition) is 2. The fourth-order valence-electron chi connectivity index (χ4n) is 2.04. The number of benzene rings is 1. The second-order valence-corrected chi connectivity index (χ2v) is 5.61. The lowest BCUT2D eigenvalue weighted by Gasteiger charge is -2.26. The summed E-state index contributed by atoms with van der Waals surface area (Å²) in [6, 6.07) is 4.41. The number of phenols is 2. The molecule has 1 atom stereocenters. The zero-order chi connectivity index (χ0) is 14.9. The highest BCUT2D eigenvalue weighted by Crippen LogP contribution is 2.38. The van der Waals surface area contributed by atoms with E-state index < -0.39 is 0 Å². The average molecular weight is 278 g/mol. The molecule has 0 saturated carbocycles. The fourth-order valence-corrected chi connectivity index (χ4v) is 2.04. The number of aromatic hydroxyl groups is 2. The first-order valence-corrected chi connectivity index (χ1v) is 6.22. The lowest BCUT2D eigenvalue weighted by Crippen LogP contribution is -2.21. The molecular formula is C14H18N2O4. The van der Waals surface area contributed by atoms with E-state index in [-0.39, 0.29) is 34.5 Å². The Bertz CT molecular complexity index is 581. The van der Waals surface area contributed by atoms with Crippen molar-refractivity contribution in [2.45, 2.75) is 26.9 Å². The number of rotatable bonds is 3. The van der Waals surface area contributed by atoms with Gasteiger partial charge in [0.05, 0.1) is 0 Å². The number of aromatic nitrogens is 2. The van der Waals surface area contributed by atoms with Crippen molar-refractivity contribution in [3.05, 3.63) is 24.0 Å². The van der Waals surface area contributed by atoms with Crippen LogP contribution in [0.3, 0.4) is 0 Å². The van der Waals surface area contributed by atoms with Crippen molar-refractivity contribution in [1.82, 2.24) is 10.1 Å². The zero-order valence-corrected chi connectivity index (χ0v) is 11.9. The maximum atomic E-state index is 9.79. The summed E-state index contributed by atoms with van der Waals surface area (Å²) < 4.78 is 10.5. The maximum Gasteiger partial charge on any atom is 0.265 e. The quantitative estimate of drug-likeness (QED) is 0.897. The first kappa shape index (κ1) is 14.3. The first-order valence-electron chi connectivity index (χ1n) is 6.22. The van der Waals surface area contributed by atoms with E-state index in [0.717, 1.165) is 0 Å². The Morgan fingerprint density at radius 3 is 2.30 bits per heavy atom. The van der Waals surface area contributed by atoms with Gasteiger partial charge in [0.25, 0.3) is 5.89 Å². The van der Waals surface area contributed by atoms with E-state index in [4.69, 9.17) is 9.26 Å². The number of phenolic OH excluding ortho intramolecular Hbond substituents is 2. The second-order valence-electron chi connectivity index (χ2n) is 5.61. The molecule has 0 spiro atoms. The first-order chi connectivity index (χ1) is 9.34. The van der Waals surface area contributed by atoms with E-state index in [1.54, 1.807) is 7.11 Å². The van der Waals surface area contributed by atoms with Crippen molar-refractivity contribution in [3.8, 4) is 23.0 Å². The van der Waals surface area contributed by atoms with Crippen LogP contribution in [-0.4, -0.2) is 27.5 Å². The van der Waals surface area contributed by atoms with Crippen LogP contribution in [0.4, 0.5) is 0 Å². The topological polar surface area (TPSA) is 88.6 Å². The van der Waals surface area contributed by atoms with E-state index >= 15 is 0 Å². The molecule has 6 heteroatoms. The largest absolute Gasteiger partial charge is 0.507 e. The van der Waals surface area contributed by atoms with Crippen LogP contribution < -0.4 is 0 Å². The predicted molar refractivity (Wildman–Crippen MR) is 72.3 cm³/mol. The standard InChI is InChI=1S/C14H18N2O4/c1-14(2,3)11(19-4)12-15-13(20-16-12)10-8(17)6-5-7-9(10)18/h5-7,11,17-18H,1-4H3. The van der Waals surface area contributed by atoms with Crippen LogP contribution in [-0.2, 0) is 4.74 Å². The molecule has 2 N–H and O–H groups in total. The molecule has 2 aromatic rings. The molecule has 20 heavy (non-hydrogen) atoms. The molecule has 6 nitrogen and oxygen atoms in total. The molecule has 0 fully saturated rings. The average Bonchev–Trinajstić information content (AvgIpc) is 2.77. The maximum absolute atomic E-state index is 9.79. The lowest BCUT2D eigenvalue weighted by atomic mass is 9.88. The van der Waals surface area contributed by atoms with Gasteiger partial charge in [0, 0.05) is 7.11 Å². The molecule has 0 aliphatic carbocycles. The number of ether oxygens (including phenoxy) is 1. The number of hydrogen-bond acceptors (Lipinski definition) is 6. The summed E-state index contributed by atoms with van der Waals surface area (Å²) in [5.74, 6) is 0.189. The van der Waals surface area contributed by atoms with Gasteiger partial charge in [0.1, 0.15) is 23.2 Å². The molecule has 1 aromatic carbocycles. The van der Waals surface area contributed by atoms with Gasteiger partial charge in [-0.25, -0.2) is 0 Å². The monoisotopic (exact) mass is 278 g/mol. The van der Waals surface area contributed by atoms with E-state index in [2.05, 4.69) is 10.1 Å². The minimum Gasteiger partial charge on any atom is -0.507 e. The van der Waals surface area contributed by atoms with Crippen molar-refractivity contribution in [1.29, 1.82) is 0 Å². The zero-order valence-electron chi connectivity index (χ0n) is 11.9. The minimum absolute atomic E-state index is 0.0573. The molecule has 0 radical (unpaired) electrons. The van der Waals surface area contributed by atoms with Crippen LogP contribution in [0, 0.1) is 5.41 Å². The lowest BCUT2D eigenvalue weighted by molar-refractivity contribution is 0.00718. The van der Waals surface area contributed by atoms with Crippen molar-refractivity contribution in [3.63, 3.8) is 0 Å². The molecule has 0 bridgehead atoms. The molecule has 0 amide bonds. The predicted octanol–water partition coefficient (Wildman–Crippen LogP) is 2.88. The highest BCUT2D eigenvalue weighted by molar-refractivity contribution is 5.69. The third-order valence-electron chi connectivity index (χ3n) is 2.93. The Hall–Kier alpha value is -2.08.